The van der Waals surface area contributed by atoms with E-state index in [9.17, 15) is 14.4 Å². The van der Waals surface area contributed by atoms with Crippen LogP contribution in [0, 0.1) is 0 Å². The van der Waals surface area contributed by atoms with Crippen molar-refractivity contribution >= 4 is 17.9 Å². The molecule has 79 heavy (non-hydrogen) atoms. The van der Waals surface area contributed by atoms with E-state index < -0.39 is 6.10 Å². The third-order valence-electron chi connectivity index (χ3n) is 14.0. The first-order chi connectivity index (χ1) is 39.0. The number of allylic oxidation sites excluding steroid dienone is 20. The summed E-state index contributed by atoms with van der Waals surface area (Å²) in [6, 6.07) is 0. The Kier molecular flexibility index (Phi) is 62.8. The Hall–Kier alpha value is -4.19. The SMILES string of the molecule is CC/C=C\C/C=C\C/C=C\C/C=C\C/C=C\C/C=C\C/C=C\C/C=C\CCCCC(=O)OCC(COC(=O)CCCCCCC/C=C\C/C=C\CCCC)OC(=O)CCCCCCCCCCCCCCCCCCCCCC. The molecule has 6 heteroatoms. The van der Waals surface area contributed by atoms with Crippen LogP contribution in [0.4, 0.5) is 0 Å². The fourth-order valence-electron chi connectivity index (χ4n) is 9.01. The highest BCUT2D eigenvalue weighted by Crippen LogP contribution is 2.16. The first kappa shape index (κ1) is 74.8. The van der Waals surface area contributed by atoms with Crippen LogP contribution in [-0.2, 0) is 28.6 Å². The maximum atomic E-state index is 12.9. The zero-order valence-corrected chi connectivity index (χ0v) is 51.6. The standard InChI is InChI=1S/C73H122O6/c1-4-7-10-13-16-19-22-25-28-30-32-34-35-36-37-38-39-40-42-43-45-48-51-54-57-60-63-66-72(75)78-69-70(68-77-71(74)65-62-59-56-53-50-47-27-24-21-18-15-12-9-6-3)79-73(76)67-64-61-58-55-52-49-46-44-41-33-31-29-26-23-20-17-14-11-8-5-2/h7,10,15-16,18-19,24-25,27-28,32,34,36-37,39-40,43,45,51,54,70H,4-6,8-9,11-14,17,20-23,26,29-31,33,35,38,41-42,44,46-50,52-53,55-69H2,1-3H3/b10-7-,18-15-,19-16-,27-24-,28-25-,34-32-,37-36-,40-39-,45-43-,54-51-. The van der Waals surface area contributed by atoms with E-state index in [0.29, 0.717) is 25.7 Å². The Morgan fingerprint density at radius 1 is 0.266 bits per heavy atom. The highest BCUT2D eigenvalue weighted by atomic mass is 16.6. The van der Waals surface area contributed by atoms with Crippen molar-refractivity contribution in [2.24, 2.45) is 0 Å². The van der Waals surface area contributed by atoms with E-state index in [4.69, 9.17) is 14.2 Å². The van der Waals surface area contributed by atoms with Crippen molar-refractivity contribution in [1.29, 1.82) is 0 Å². The van der Waals surface area contributed by atoms with E-state index in [0.717, 1.165) is 128 Å². The summed E-state index contributed by atoms with van der Waals surface area (Å²) in [7, 11) is 0. The fraction of sp³-hybridized carbons (Fsp3) is 0.685. The number of rotatable bonds is 59. The summed E-state index contributed by atoms with van der Waals surface area (Å²) in [4.78, 5) is 38.3. The maximum Gasteiger partial charge on any atom is 0.306 e. The topological polar surface area (TPSA) is 78.9 Å². The summed E-state index contributed by atoms with van der Waals surface area (Å²) in [6.45, 7) is 6.46. The number of carbonyl (C=O) groups excluding carboxylic acids is 3. The summed E-state index contributed by atoms with van der Waals surface area (Å²) in [5.41, 5.74) is 0. The molecule has 1 unspecified atom stereocenters. The van der Waals surface area contributed by atoms with Gasteiger partial charge < -0.3 is 14.2 Å². The molecule has 6 nitrogen and oxygen atoms in total. The van der Waals surface area contributed by atoms with Crippen LogP contribution in [0.5, 0.6) is 0 Å². The maximum absolute atomic E-state index is 12.9. The van der Waals surface area contributed by atoms with Gasteiger partial charge >= 0.3 is 17.9 Å². The Balaban J connectivity index is 4.43. The quantitative estimate of drug-likeness (QED) is 0.0261. The molecule has 0 amide bonds. The van der Waals surface area contributed by atoms with Crippen LogP contribution in [0.2, 0.25) is 0 Å². The second kappa shape index (κ2) is 66.3. The molecule has 0 spiro atoms. The van der Waals surface area contributed by atoms with Gasteiger partial charge in [-0.2, -0.15) is 0 Å². The molecule has 0 saturated carbocycles. The van der Waals surface area contributed by atoms with Crippen molar-refractivity contribution in [2.45, 2.75) is 309 Å². The lowest BCUT2D eigenvalue weighted by Gasteiger charge is -2.18. The summed E-state index contributed by atoms with van der Waals surface area (Å²) >= 11 is 0. The van der Waals surface area contributed by atoms with Gasteiger partial charge in [0.05, 0.1) is 0 Å². The van der Waals surface area contributed by atoms with E-state index in [-0.39, 0.29) is 31.1 Å². The smallest absolute Gasteiger partial charge is 0.306 e. The minimum atomic E-state index is -0.805. The molecule has 0 aliphatic carbocycles. The molecule has 0 aromatic carbocycles. The minimum Gasteiger partial charge on any atom is -0.462 e. The highest BCUT2D eigenvalue weighted by molar-refractivity contribution is 5.71. The number of hydrogen-bond acceptors (Lipinski definition) is 6. The number of esters is 3. The van der Waals surface area contributed by atoms with Gasteiger partial charge in [-0.1, -0.05) is 296 Å². The van der Waals surface area contributed by atoms with Crippen molar-refractivity contribution < 1.29 is 28.6 Å². The lowest BCUT2D eigenvalue weighted by molar-refractivity contribution is -0.167. The van der Waals surface area contributed by atoms with E-state index in [1.54, 1.807) is 0 Å². The van der Waals surface area contributed by atoms with E-state index in [1.807, 2.05) is 0 Å². The monoisotopic (exact) mass is 1090 g/mol. The molecule has 0 saturated heterocycles. The third-order valence-corrected chi connectivity index (χ3v) is 14.0. The van der Waals surface area contributed by atoms with Gasteiger partial charge in [0.1, 0.15) is 13.2 Å². The highest BCUT2D eigenvalue weighted by Gasteiger charge is 2.19. The Morgan fingerprint density at radius 3 is 0.835 bits per heavy atom. The molecule has 0 aromatic heterocycles. The molecule has 0 heterocycles. The van der Waals surface area contributed by atoms with Crippen LogP contribution in [0.15, 0.2) is 122 Å². The predicted molar refractivity (Wildman–Crippen MR) is 343 cm³/mol. The second-order valence-corrected chi connectivity index (χ2v) is 21.6. The summed E-state index contributed by atoms with van der Waals surface area (Å²) in [6.07, 6.45) is 92.1. The first-order valence-corrected chi connectivity index (χ1v) is 33.0. The lowest BCUT2D eigenvalue weighted by atomic mass is 10.0. The Labute approximate surface area is 488 Å². The molecular weight excluding hydrogens is 973 g/mol. The molecule has 0 aliphatic heterocycles. The van der Waals surface area contributed by atoms with Gasteiger partial charge in [0.25, 0.3) is 0 Å². The minimum absolute atomic E-state index is 0.0993. The van der Waals surface area contributed by atoms with Crippen LogP contribution in [-0.4, -0.2) is 37.2 Å². The van der Waals surface area contributed by atoms with Crippen molar-refractivity contribution in [3.63, 3.8) is 0 Å². The van der Waals surface area contributed by atoms with Crippen molar-refractivity contribution in [3.05, 3.63) is 122 Å². The van der Waals surface area contributed by atoms with Crippen molar-refractivity contribution in [1.82, 2.24) is 0 Å². The number of ether oxygens (including phenoxy) is 3. The largest absolute Gasteiger partial charge is 0.462 e. The zero-order chi connectivity index (χ0) is 57.1. The normalized spacial score (nSPS) is 12.9. The molecule has 0 aliphatic rings. The molecule has 0 radical (unpaired) electrons. The lowest BCUT2D eigenvalue weighted by Crippen LogP contribution is -2.30. The van der Waals surface area contributed by atoms with Gasteiger partial charge in [0.2, 0.25) is 0 Å². The van der Waals surface area contributed by atoms with Crippen LogP contribution < -0.4 is 0 Å². The van der Waals surface area contributed by atoms with Crippen LogP contribution in [0.3, 0.4) is 0 Å². The van der Waals surface area contributed by atoms with Crippen LogP contribution >= 0.6 is 0 Å². The Morgan fingerprint density at radius 2 is 0.506 bits per heavy atom. The van der Waals surface area contributed by atoms with Crippen LogP contribution in [0.1, 0.15) is 303 Å². The van der Waals surface area contributed by atoms with E-state index in [2.05, 4.69) is 142 Å². The Bertz CT molecular complexity index is 1640. The molecule has 0 fully saturated rings. The molecular formula is C73H122O6. The average Bonchev–Trinajstić information content (AvgIpc) is 3.45. The zero-order valence-electron chi connectivity index (χ0n) is 51.6. The van der Waals surface area contributed by atoms with Crippen molar-refractivity contribution in [2.75, 3.05) is 13.2 Å². The molecule has 0 rings (SSSR count). The molecule has 1 atom stereocenters. The summed E-state index contributed by atoms with van der Waals surface area (Å²) in [5, 5.41) is 0. The number of hydrogen-bond donors (Lipinski definition) is 0. The molecule has 0 aromatic rings. The van der Waals surface area contributed by atoms with Gasteiger partial charge in [-0.25, -0.2) is 0 Å². The van der Waals surface area contributed by atoms with Gasteiger partial charge in [-0.3, -0.25) is 14.4 Å². The predicted octanol–water partition coefficient (Wildman–Crippen LogP) is 22.8. The summed E-state index contributed by atoms with van der Waals surface area (Å²) in [5.74, 6) is -0.949. The van der Waals surface area contributed by atoms with Gasteiger partial charge in [0, 0.05) is 19.3 Å². The molecule has 450 valence electrons. The van der Waals surface area contributed by atoms with Gasteiger partial charge in [-0.15, -0.1) is 0 Å². The number of carbonyl (C=O) groups is 3. The van der Waals surface area contributed by atoms with E-state index in [1.165, 1.54) is 128 Å². The summed E-state index contributed by atoms with van der Waals surface area (Å²) < 4.78 is 16.9. The van der Waals surface area contributed by atoms with E-state index >= 15 is 0 Å². The molecule has 0 bridgehead atoms. The second-order valence-electron chi connectivity index (χ2n) is 21.6. The number of unbranched alkanes of at least 4 members (excludes halogenated alkanes) is 28. The average molecular weight is 1100 g/mol. The van der Waals surface area contributed by atoms with Gasteiger partial charge in [0.15, 0.2) is 6.10 Å². The van der Waals surface area contributed by atoms with Crippen LogP contribution in [0.25, 0.3) is 0 Å². The fourth-order valence-corrected chi connectivity index (χ4v) is 9.01. The third kappa shape index (κ3) is 64.5. The van der Waals surface area contributed by atoms with Crippen molar-refractivity contribution in [3.8, 4) is 0 Å². The molecule has 0 N–H and O–H groups in total. The first-order valence-electron chi connectivity index (χ1n) is 33.0. The van der Waals surface area contributed by atoms with Gasteiger partial charge in [-0.05, 0) is 109 Å².